The van der Waals surface area contributed by atoms with Gasteiger partial charge in [-0.25, -0.2) is 0 Å². The fraction of sp³-hybridized carbons (Fsp3) is 0.400. The molecule has 0 spiro atoms. The number of amides is 1. The first-order valence-corrected chi connectivity index (χ1v) is 5.32. The van der Waals surface area contributed by atoms with Gasteiger partial charge in [0.25, 0.3) is 5.91 Å². The monoisotopic (exact) mass is 259 g/mol. The highest BCUT2D eigenvalue weighted by Crippen LogP contribution is 2.19. The first kappa shape index (κ1) is 11.9. The fourth-order valence-corrected chi connectivity index (χ4v) is 1.84. The van der Waals surface area contributed by atoms with E-state index in [1.165, 1.54) is 12.3 Å². The average Bonchev–Trinajstić information content (AvgIpc) is 2.86. The Balaban J connectivity index is 2.04. The summed E-state index contributed by atoms with van der Waals surface area (Å²) in [6.45, 7) is 0.275. The van der Waals surface area contributed by atoms with Gasteiger partial charge in [-0.2, -0.15) is 0 Å². The molecule has 1 amide bonds. The van der Waals surface area contributed by atoms with Crippen LogP contribution in [0.25, 0.3) is 0 Å². The zero-order chi connectivity index (χ0) is 12.4. The van der Waals surface area contributed by atoms with Gasteiger partial charge >= 0.3 is 5.97 Å². The van der Waals surface area contributed by atoms with Crippen molar-refractivity contribution in [1.82, 2.24) is 5.32 Å². The van der Waals surface area contributed by atoms with Crippen molar-refractivity contribution in [1.29, 1.82) is 0 Å². The van der Waals surface area contributed by atoms with Crippen LogP contribution in [0, 0.1) is 5.92 Å². The van der Waals surface area contributed by atoms with E-state index in [0.29, 0.717) is 0 Å². The van der Waals surface area contributed by atoms with Crippen LogP contribution in [0.1, 0.15) is 10.4 Å². The predicted octanol–water partition coefficient (Wildman–Crippen LogP) is 0.762. The Morgan fingerprint density at radius 3 is 2.82 bits per heavy atom. The predicted molar refractivity (Wildman–Crippen MR) is 56.9 cm³/mol. The van der Waals surface area contributed by atoms with Gasteiger partial charge in [-0.1, -0.05) is 0 Å². The Labute approximate surface area is 101 Å². The Morgan fingerprint density at radius 2 is 2.24 bits per heavy atom. The van der Waals surface area contributed by atoms with Crippen molar-refractivity contribution in [2.45, 2.75) is 6.04 Å². The van der Waals surface area contributed by atoms with Gasteiger partial charge in [0, 0.05) is 0 Å². The number of aliphatic carboxylic acids is 1. The molecule has 2 N–H and O–H groups in total. The molecule has 2 heterocycles. The highest BCUT2D eigenvalue weighted by atomic mass is 35.5. The summed E-state index contributed by atoms with van der Waals surface area (Å²) in [4.78, 5) is 22.6. The van der Waals surface area contributed by atoms with Crippen molar-refractivity contribution in [2.75, 3.05) is 13.2 Å². The second kappa shape index (κ2) is 4.77. The quantitative estimate of drug-likeness (QED) is 0.837. The van der Waals surface area contributed by atoms with E-state index < -0.39 is 23.8 Å². The van der Waals surface area contributed by atoms with Crippen molar-refractivity contribution in [3.8, 4) is 0 Å². The first-order chi connectivity index (χ1) is 8.09. The minimum absolute atomic E-state index is 0.0201. The molecule has 0 aromatic carbocycles. The number of furan rings is 1. The minimum Gasteiger partial charge on any atom is -0.481 e. The highest BCUT2D eigenvalue weighted by Gasteiger charge is 2.35. The van der Waals surface area contributed by atoms with Gasteiger partial charge < -0.3 is 19.6 Å². The SMILES string of the molecule is O=C(NC1COCC1C(=O)O)c1ccoc1Cl. The lowest BCUT2D eigenvalue weighted by atomic mass is 10.0. The van der Waals surface area contributed by atoms with Gasteiger partial charge in [-0.3, -0.25) is 9.59 Å². The highest BCUT2D eigenvalue weighted by molar-refractivity contribution is 6.32. The van der Waals surface area contributed by atoms with Crippen LogP contribution in [0.5, 0.6) is 0 Å². The normalized spacial score (nSPS) is 23.6. The van der Waals surface area contributed by atoms with E-state index in [9.17, 15) is 9.59 Å². The third-order valence-electron chi connectivity index (χ3n) is 2.58. The van der Waals surface area contributed by atoms with Gasteiger partial charge in [-0.15, -0.1) is 0 Å². The number of carbonyl (C=O) groups is 2. The van der Waals surface area contributed by atoms with Crippen LogP contribution in [0.3, 0.4) is 0 Å². The molecule has 0 radical (unpaired) electrons. The molecule has 0 saturated carbocycles. The lowest BCUT2D eigenvalue weighted by Gasteiger charge is -2.14. The number of hydrogen-bond acceptors (Lipinski definition) is 4. The molecule has 17 heavy (non-hydrogen) atoms. The number of ether oxygens (including phenoxy) is 1. The maximum atomic E-state index is 11.7. The van der Waals surface area contributed by atoms with Crippen molar-refractivity contribution < 1.29 is 23.8 Å². The van der Waals surface area contributed by atoms with E-state index in [1.807, 2.05) is 0 Å². The number of carbonyl (C=O) groups excluding carboxylic acids is 1. The topological polar surface area (TPSA) is 88.8 Å². The lowest BCUT2D eigenvalue weighted by Crippen LogP contribution is -2.42. The van der Waals surface area contributed by atoms with Crippen LogP contribution in [-0.4, -0.2) is 36.2 Å². The van der Waals surface area contributed by atoms with Crippen LogP contribution in [0.4, 0.5) is 0 Å². The fourth-order valence-electron chi connectivity index (χ4n) is 1.64. The molecule has 92 valence electrons. The molecule has 1 aromatic rings. The van der Waals surface area contributed by atoms with Crippen LogP contribution in [0.15, 0.2) is 16.7 Å². The zero-order valence-electron chi connectivity index (χ0n) is 8.68. The molecule has 7 heteroatoms. The molecular formula is C10H10ClNO5. The Bertz CT molecular complexity index is 444. The second-order valence-electron chi connectivity index (χ2n) is 3.67. The lowest BCUT2D eigenvalue weighted by molar-refractivity contribution is -0.142. The zero-order valence-corrected chi connectivity index (χ0v) is 9.44. The largest absolute Gasteiger partial charge is 0.481 e. The number of halogens is 1. The number of carboxylic acids is 1. The number of rotatable bonds is 3. The molecule has 2 unspecified atom stereocenters. The molecule has 1 aliphatic rings. The number of hydrogen-bond donors (Lipinski definition) is 2. The van der Waals surface area contributed by atoms with E-state index in [-0.39, 0.29) is 24.0 Å². The van der Waals surface area contributed by atoms with Gasteiger partial charge in [-0.05, 0) is 17.7 Å². The maximum absolute atomic E-state index is 11.7. The molecule has 2 atom stereocenters. The van der Waals surface area contributed by atoms with E-state index in [4.69, 9.17) is 25.9 Å². The summed E-state index contributed by atoms with van der Waals surface area (Å²) in [5, 5.41) is 11.5. The Kier molecular flexibility index (Phi) is 3.35. The summed E-state index contributed by atoms with van der Waals surface area (Å²) in [5.41, 5.74) is 0.183. The van der Waals surface area contributed by atoms with Crippen molar-refractivity contribution >= 4 is 23.5 Å². The molecule has 1 aliphatic heterocycles. The molecule has 0 aliphatic carbocycles. The average molecular weight is 260 g/mol. The molecule has 1 aromatic heterocycles. The molecule has 2 rings (SSSR count). The van der Waals surface area contributed by atoms with Crippen LogP contribution >= 0.6 is 11.6 Å². The van der Waals surface area contributed by atoms with Crippen LogP contribution in [0.2, 0.25) is 5.22 Å². The molecule has 1 saturated heterocycles. The summed E-state index contributed by atoms with van der Waals surface area (Å²) in [7, 11) is 0. The Hall–Kier alpha value is -1.53. The molecule has 1 fully saturated rings. The smallest absolute Gasteiger partial charge is 0.311 e. The molecular weight excluding hydrogens is 250 g/mol. The summed E-state index contributed by atoms with van der Waals surface area (Å²) in [6, 6.07) is 0.870. The van der Waals surface area contributed by atoms with Crippen molar-refractivity contribution in [3.05, 3.63) is 23.1 Å². The summed E-state index contributed by atoms with van der Waals surface area (Å²) < 4.78 is 9.81. The summed E-state index contributed by atoms with van der Waals surface area (Å²) >= 11 is 5.64. The third kappa shape index (κ3) is 2.42. The van der Waals surface area contributed by atoms with E-state index in [2.05, 4.69) is 5.32 Å². The van der Waals surface area contributed by atoms with E-state index >= 15 is 0 Å². The van der Waals surface area contributed by atoms with Crippen molar-refractivity contribution in [2.24, 2.45) is 5.92 Å². The summed E-state index contributed by atoms with van der Waals surface area (Å²) in [5.74, 6) is -2.19. The summed E-state index contributed by atoms with van der Waals surface area (Å²) in [6.07, 6.45) is 1.29. The molecule has 6 nitrogen and oxygen atoms in total. The van der Waals surface area contributed by atoms with Gasteiger partial charge in [0.2, 0.25) is 5.22 Å². The van der Waals surface area contributed by atoms with E-state index in [0.717, 1.165) is 0 Å². The molecule has 0 bridgehead atoms. The first-order valence-electron chi connectivity index (χ1n) is 4.94. The number of nitrogens with one attached hydrogen (secondary N) is 1. The van der Waals surface area contributed by atoms with Crippen LogP contribution < -0.4 is 5.32 Å². The third-order valence-corrected chi connectivity index (χ3v) is 2.87. The van der Waals surface area contributed by atoms with E-state index in [1.54, 1.807) is 0 Å². The number of carboxylic acid groups (broad SMARTS) is 1. The Morgan fingerprint density at radius 1 is 1.47 bits per heavy atom. The second-order valence-corrected chi connectivity index (χ2v) is 4.01. The van der Waals surface area contributed by atoms with Gasteiger partial charge in [0.05, 0.1) is 31.1 Å². The van der Waals surface area contributed by atoms with Gasteiger partial charge in [0.15, 0.2) is 0 Å². The minimum atomic E-state index is -0.994. The maximum Gasteiger partial charge on any atom is 0.311 e. The van der Waals surface area contributed by atoms with Crippen molar-refractivity contribution in [3.63, 3.8) is 0 Å². The standard InChI is InChI=1S/C10H10ClNO5/c11-8-5(1-2-17-8)9(13)12-7-4-16-3-6(7)10(14)15/h1-2,6-7H,3-4H2,(H,12,13)(H,14,15). The van der Waals surface area contributed by atoms with Crippen LogP contribution in [-0.2, 0) is 9.53 Å². The van der Waals surface area contributed by atoms with Gasteiger partial charge in [0.1, 0.15) is 5.92 Å².